The third kappa shape index (κ3) is 3.57. The predicted molar refractivity (Wildman–Crippen MR) is 204 cm³/mol. The number of thiophene rings is 1. The second-order valence-corrected chi connectivity index (χ2v) is 14.1. The number of nitrogens with zero attached hydrogens (tertiary/aromatic N) is 2. The quantitative estimate of drug-likeness (QED) is 0.188. The molecule has 2 aromatic heterocycles. The maximum Gasteiger partial charge on any atom is 0.145 e. The Kier molecular flexibility index (Phi) is 5.50. The van der Waals surface area contributed by atoms with E-state index in [1.165, 1.54) is 65.0 Å². The second kappa shape index (κ2) is 9.99. The molecule has 0 aliphatic heterocycles. The molecule has 0 radical (unpaired) electrons. The van der Waals surface area contributed by atoms with Crippen LogP contribution in [0.5, 0.6) is 0 Å². The Labute approximate surface area is 288 Å². The van der Waals surface area contributed by atoms with Crippen LogP contribution in [-0.4, -0.2) is 9.55 Å². The molecule has 7 aromatic carbocycles. The Hall–Kier alpha value is -6.03. The van der Waals surface area contributed by atoms with Gasteiger partial charge >= 0.3 is 0 Å². The number of rotatable bonds is 3. The van der Waals surface area contributed by atoms with E-state index in [4.69, 9.17) is 4.98 Å². The smallest absolute Gasteiger partial charge is 0.145 e. The molecule has 0 amide bonds. The number of aromatic nitrogens is 2. The molecule has 0 saturated carbocycles. The van der Waals surface area contributed by atoms with Crippen LogP contribution in [-0.2, 0) is 5.41 Å². The molecule has 0 bridgehead atoms. The molecule has 1 spiro atoms. The van der Waals surface area contributed by atoms with Gasteiger partial charge in [-0.3, -0.25) is 4.57 Å². The highest BCUT2D eigenvalue weighted by Crippen LogP contribution is 2.66. The van der Waals surface area contributed by atoms with Crippen molar-refractivity contribution in [3.63, 3.8) is 0 Å². The van der Waals surface area contributed by atoms with E-state index in [0.29, 0.717) is 0 Å². The van der Waals surface area contributed by atoms with E-state index in [9.17, 15) is 0 Å². The molecule has 2 nitrogen and oxygen atoms in total. The number of imidazole rings is 1. The summed E-state index contributed by atoms with van der Waals surface area (Å²) in [4.78, 5) is 6.67. The maximum atomic E-state index is 5.28. The molecule has 9 aromatic rings. The van der Waals surface area contributed by atoms with Gasteiger partial charge < -0.3 is 0 Å². The fourth-order valence-corrected chi connectivity index (χ4v) is 9.95. The van der Waals surface area contributed by atoms with Gasteiger partial charge in [0.25, 0.3) is 0 Å². The van der Waals surface area contributed by atoms with Gasteiger partial charge in [-0.15, -0.1) is 11.3 Å². The lowest BCUT2D eigenvalue weighted by Crippen LogP contribution is -2.25. The summed E-state index contributed by atoms with van der Waals surface area (Å²) in [6, 6.07) is 62.1. The minimum absolute atomic E-state index is 0.372. The third-order valence-electron chi connectivity index (χ3n) is 10.6. The van der Waals surface area contributed by atoms with Crippen LogP contribution in [0.3, 0.4) is 0 Å². The first-order chi connectivity index (χ1) is 24.3. The Morgan fingerprint density at radius 2 is 1.12 bits per heavy atom. The number of hydrogen-bond acceptors (Lipinski definition) is 2. The van der Waals surface area contributed by atoms with Crippen molar-refractivity contribution in [2.45, 2.75) is 5.41 Å². The highest BCUT2D eigenvalue weighted by Gasteiger charge is 2.53. The highest BCUT2D eigenvalue weighted by atomic mass is 32.1. The first-order valence-electron chi connectivity index (χ1n) is 16.8. The molecule has 1 unspecified atom stereocenters. The van der Waals surface area contributed by atoms with Crippen LogP contribution < -0.4 is 0 Å². The minimum Gasteiger partial charge on any atom is -0.292 e. The lowest BCUT2D eigenvalue weighted by molar-refractivity contribution is 0.802. The van der Waals surface area contributed by atoms with Crippen molar-refractivity contribution in [3.8, 4) is 49.8 Å². The Bertz CT molecular complexity index is 2770. The average molecular weight is 641 g/mol. The lowest BCUT2D eigenvalue weighted by Gasteiger charge is -2.30. The van der Waals surface area contributed by atoms with E-state index in [0.717, 1.165) is 28.1 Å². The fraction of sp³-hybridized carbons (Fsp3) is 0.0217. The number of fused-ring (bicyclic) bond motifs is 13. The first-order valence-corrected chi connectivity index (χ1v) is 17.6. The van der Waals surface area contributed by atoms with Gasteiger partial charge in [0.15, 0.2) is 0 Å². The lowest BCUT2D eigenvalue weighted by atomic mass is 9.70. The SMILES string of the molecule is c1ccc(-c2ccc(-n3c(-c4ccc5c(c4)-c4ccccc4C54c5ccccc5-c5sc6ccccc6c54)nc4ccccc43)cc2)cc1. The summed E-state index contributed by atoms with van der Waals surface area (Å²) in [6.45, 7) is 0. The molecular formula is C46H28N2S. The Morgan fingerprint density at radius 3 is 1.98 bits per heavy atom. The molecule has 0 saturated heterocycles. The van der Waals surface area contributed by atoms with Crippen LogP contribution in [0.4, 0.5) is 0 Å². The van der Waals surface area contributed by atoms with Gasteiger partial charge in [-0.1, -0.05) is 133 Å². The minimum atomic E-state index is -0.372. The molecule has 3 heteroatoms. The zero-order chi connectivity index (χ0) is 32.1. The van der Waals surface area contributed by atoms with E-state index in [1.54, 1.807) is 0 Å². The molecule has 0 fully saturated rings. The molecule has 11 rings (SSSR count). The van der Waals surface area contributed by atoms with Crippen LogP contribution >= 0.6 is 11.3 Å². The van der Waals surface area contributed by atoms with E-state index in [2.05, 4.69) is 174 Å². The zero-order valence-corrected chi connectivity index (χ0v) is 27.3. The van der Waals surface area contributed by atoms with E-state index in [-0.39, 0.29) is 5.41 Å². The summed E-state index contributed by atoms with van der Waals surface area (Å²) in [5.74, 6) is 0.948. The van der Waals surface area contributed by atoms with Crippen molar-refractivity contribution in [1.29, 1.82) is 0 Å². The van der Waals surface area contributed by atoms with Gasteiger partial charge in [-0.25, -0.2) is 4.98 Å². The van der Waals surface area contributed by atoms with Crippen molar-refractivity contribution in [1.82, 2.24) is 9.55 Å². The summed E-state index contributed by atoms with van der Waals surface area (Å²) < 4.78 is 3.66. The van der Waals surface area contributed by atoms with E-state index < -0.39 is 0 Å². The normalized spacial score (nSPS) is 15.4. The molecule has 2 aliphatic carbocycles. The topological polar surface area (TPSA) is 17.8 Å². The fourth-order valence-electron chi connectivity index (χ4n) is 8.65. The highest BCUT2D eigenvalue weighted by molar-refractivity contribution is 7.22. The Balaban J connectivity index is 1.15. The summed E-state index contributed by atoms with van der Waals surface area (Å²) in [7, 11) is 0. The van der Waals surface area contributed by atoms with Crippen LogP contribution in [0.1, 0.15) is 22.3 Å². The molecule has 49 heavy (non-hydrogen) atoms. The maximum absolute atomic E-state index is 5.28. The number of para-hydroxylation sites is 2. The predicted octanol–water partition coefficient (Wildman–Crippen LogP) is 11.9. The summed E-state index contributed by atoms with van der Waals surface area (Å²) in [5.41, 5.74) is 15.8. The van der Waals surface area contributed by atoms with Gasteiger partial charge in [0.2, 0.25) is 0 Å². The van der Waals surface area contributed by atoms with E-state index >= 15 is 0 Å². The number of hydrogen-bond donors (Lipinski definition) is 0. The standard InChI is InChI=1S/C46H28N2S/c1-2-12-29(13-3-1)30-22-25-32(26-23-30)48-41-20-10-9-19-40(41)47-45(48)31-24-27-39-36(28-31)33-14-4-7-17-37(33)46(39)38-18-8-5-15-34(38)44-43(46)35-16-6-11-21-42(35)49-44/h1-28H. The van der Waals surface area contributed by atoms with Gasteiger partial charge in [0.1, 0.15) is 5.82 Å². The van der Waals surface area contributed by atoms with Gasteiger partial charge in [0.05, 0.1) is 16.4 Å². The first kappa shape index (κ1) is 27.0. The molecular weight excluding hydrogens is 613 g/mol. The third-order valence-corrected chi connectivity index (χ3v) is 11.8. The monoisotopic (exact) mass is 640 g/mol. The number of benzene rings is 7. The average Bonchev–Trinajstić information content (AvgIpc) is 3.90. The van der Waals surface area contributed by atoms with Gasteiger partial charge in [-0.2, -0.15) is 0 Å². The van der Waals surface area contributed by atoms with Crippen molar-refractivity contribution in [2.75, 3.05) is 0 Å². The van der Waals surface area contributed by atoms with E-state index in [1.807, 2.05) is 11.3 Å². The summed E-state index contributed by atoms with van der Waals surface area (Å²) >= 11 is 1.93. The molecule has 0 N–H and O–H groups in total. The molecule has 1 atom stereocenters. The second-order valence-electron chi connectivity index (χ2n) is 13.1. The van der Waals surface area contributed by atoms with Crippen LogP contribution in [0, 0.1) is 0 Å². The van der Waals surface area contributed by atoms with Crippen molar-refractivity contribution < 1.29 is 0 Å². The van der Waals surface area contributed by atoms with Crippen LogP contribution in [0.2, 0.25) is 0 Å². The van der Waals surface area contributed by atoms with Gasteiger partial charge in [0, 0.05) is 20.8 Å². The van der Waals surface area contributed by atoms with Crippen LogP contribution in [0.15, 0.2) is 170 Å². The summed E-state index contributed by atoms with van der Waals surface area (Å²) in [6.07, 6.45) is 0. The zero-order valence-electron chi connectivity index (χ0n) is 26.5. The molecule has 2 heterocycles. The molecule has 2 aliphatic rings. The van der Waals surface area contributed by atoms with Gasteiger partial charge in [-0.05, 0) is 91.9 Å². The van der Waals surface area contributed by atoms with Crippen molar-refractivity contribution in [3.05, 3.63) is 192 Å². The van der Waals surface area contributed by atoms with Crippen molar-refractivity contribution >= 4 is 32.5 Å². The van der Waals surface area contributed by atoms with Crippen molar-refractivity contribution in [2.24, 2.45) is 0 Å². The molecule has 228 valence electrons. The summed E-state index contributed by atoms with van der Waals surface area (Å²) in [5, 5.41) is 1.35. The Morgan fingerprint density at radius 1 is 0.490 bits per heavy atom. The largest absolute Gasteiger partial charge is 0.292 e. The van der Waals surface area contributed by atoms with Crippen LogP contribution in [0.25, 0.3) is 70.9 Å².